The summed E-state index contributed by atoms with van der Waals surface area (Å²) >= 11 is 0. The van der Waals surface area contributed by atoms with Crippen LogP contribution in [-0.4, -0.2) is 47.1 Å². The van der Waals surface area contributed by atoms with Gasteiger partial charge in [-0.1, -0.05) is 6.42 Å². The first-order chi connectivity index (χ1) is 9.18. The summed E-state index contributed by atoms with van der Waals surface area (Å²) in [7, 11) is 0. The van der Waals surface area contributed by atoms with E-state index < -0.39 is 5.97 Å². The van der Waals surface area contributed by atoms with Gasteiger partial charge in [-0.25, -0.2) is 0 Å². The van der Waals surface area contributed by atoms with Crippen molar-refractivity contribution in [2.45, 2.75) is 63.5 Å². The Morgan fingerprint density at radius 2 is 1.95 bits per heavy atom. The quantitative estimate of drug-likeness (QED) is 0.808. The van der Waals surface area contributed by atoms with E-state index >= 15 is 0 Å². The van der Waals surface area contributed by atoms with Crippen molar-refractivity contribution < 1.29 is 14.7 Å². The maximum absolute atomic E-state index is 12.5. The highest BCUT2D eigenvalue weighted by atomic mass is 16.4. The van der Waals surface area contributed by atoms with Gasteiger partial charge in [-0.05, 0) is 45.1 Å². The highest BCUT2D eigenvalue weighted by molar-refractivity contribution is 5.82. The van der Waals surface area contributed by atoms with E-state index in [1.165, 1.54) is 0 Å². The number of hydrogen-bond donors (Lipinski definition) is 2. The Labute approximate surface area is 114 Å². The van der Waals surface area contributed by atoms with Crippen LogP contribution in [0.2, 0.25) is 0 Å². The summed E-state index contributed by atoms with van der Waals surface area (Å²) < 4.78 is 0. The molecular weight excluding hydrogens is 244 g/mol. The Morgan fingerprint density at radius 3 is 2.63 bits per heavy atom. The highest BCUT2D eigenvalue weighted by Crippen LogP contribution is 2.23. The molecule has 0 aromatic carbocycles. The molecule has 0 aromatic rings. The van der Waals surface area contributed by atoms with Gasteiger partial charge in [0.15, 0.2) is 0 Å². The highest BCUT2D eigenvalue weighted by Gasteiger charge is 2.32. The largest absolute Gasteiger partial charge is 0.481 e. The number of piperidine rings is 2. The van der Waals surface area contributed by atoms with Crippen LogP contribution in [0.3, 0.4) is 0 Å². The molecule has 2 rings (SSSR count). The van der Waals surface area contributed by atoms with Crippen LogP contribution in [0.15, 0.2) is 0 Å². The molecule has 2 heterocycles. The average molecular weight is 268 g/mol. The van der Waals surface area contributed by atoms with Crippen molar-refractivity contribution in [1.29, 1.82) is 0 Å². The van der Waals surface area contributed by atoms with Crippen molar-refractivity contribution in [2.24, 2.45) is 0 Å². The monoisotopic (exact) mass is 268 g/mol. The first-order valence-corrected chi connectivity index (χ1v) is 7.44. The fourth-order valence-electron chi connectivity index (χ4n) is 3.14. The Hall–Kier alpha value is -1.10. The fraction of sp³-hybridized carbons (Fsp3) is 0.857. The van der Waals surface area contributed by atoms with E-state index in [1.54, 1.807) is 0 Å². The fourth-order valence-corrected chi connectivity index (χ4v) is 3.14. The van der Waals surface area contributed by atoms with Crippen LogP contribution in [0, 0.1) is 0 Å². The van der Waals surface area contributed by atoms with Crippen LogP contribution in [0.25, 0.3) is 0 Å². The second-order valence-corrected chi connectivity index (χ2v) is 5.62. The number of hydrogen-bond acceptors (Lipinski definition) is 3. The predicted molar refractivity (Wildman–Crippen MR) is 71.9 cm³/mol. The molecule has 2 N–H and O–H groups in total. The number of carboxylic acids is 1. The molecule has 2 saturated heterocycles. The average Bonchev–Trinajstić information content (AvgIpc) is 2.45. The number of likely N-dealkylation sites (tertiary alicyclic amines) is 1. The van der Waals surface area contributed by atoms with E-state index in [4.69, 9.17) is 5.11 Å². The number of nitrogens with zero attached hydrogens (tertiary/aromatic N) is 1. The number of carbonyl (C=O) groups is 2. The second-order valence-electron chi connectivity index (χ2n) is 5.62. The molecule has 1 amide bonds. The third-order valence-electron chi connectivity index (χ3n) is 4.21. The SMILES string of the molecule is O=C(O)CCC1CCCCN1C(=O)[C@H]1CCCCN1. The molecule has 2 fully saturated rings. The number of aliphatic carboxylic acids is 1. The molecule has 0 spiro atoms. The second kappa shape index (κ2) is 6.89. The molecule has 1 unspecified atom stereocenters. The molecule has 2 aliphatic heterocycles. The van der Waals surface area contributed by atoms with Crippen molar-refractivity contribution in [3.05, 3.63) is 0 Å². The number of carbonyl (C=O) groups excluding carboxylic acids is 1. The van der Waals surface area contributed by atoms with Gasteiger partial charge in [-0.3, -0.25) is 9.59 Å². The molecule has 0 bridgehead atoms. The van der Waals surface area contributed by atoms with Gasteiger partial charge in [0, 0.05) is 19.0 Å². The molecule has 0 aliphatic carbocycles. The zero-order valence-electron chi connectivity index (χ0n) is 11.4. The molecule has 19 heavy (non-hydrogen) atoms. The van der Waals surface area contributed by atoms with E-state index in [9.17, 15) is 9.59 Å². The van der Waals surface area contributed by atoms with Crippen molar-refractivity contribution in [3.63, 3.8) is 0 Å². The summed E-state index contributed by atoms with van der Waals surface area (Å²) in [5, 5.41) is 12.1. The van der Waals surface area contributed by atoms with E-state index in [-0.39, 0.29) is 24.4 Å². The first-order valence-electron chi connectivity index (χ1n) is 7.44. The minimum Gasteiger partial charge on any atom is -0.481 e. The lowest BCUT2D eigenvalue weighted by Gasteiger charge is -2.38. The summed E-state index contributed by atoms with van der Waals surface area (Å²) in [4.78, 5) is 25.2. The number of nitrogens with one attached hydrogen (secondary N) is 1. The van der Waals surface area contributed by atoms with Crippen LogP contribution >= 0.6 is 0 Å². The molecule has 5 heteroatoms. The van der Waals surface area contributed by atoms with Crippen molar-refractivity contribution in [2.75, 3.05) is 13.1 Å². The van der Waals surface area contributed by atoms with Gasteiger partial charge < -0.3 is 15.3 Å². The summed E-state index contributed by atoms with van der Waals surface area (Å²) in [5.74, 6) is -0.580. The Bertz CT molecular complexity index is 327. The van der Waals surface area contributed by atoms with Gasteiger partial charge in [0.2, 0.25) is 5.91 Å². The van der Waals surface area contributed by atoms with Gasteiger partial charge in [-0.15, -0.1) is 0 Å². The third-order valence-corrected chi connectivity index (χ3v) is 4.21. The van der Waals surface area contributed by atoms with Gasteiger partial charge in [-0.2, -0.15) is 0 Å². The minimum absolute atomic E-state index is 0.0424. The van der Waals surface area contributed by atoms with E-state index in [0.717, 1.165) is 51.6 Å². The zero-order valence-corrected chi connectivity index (χ0v) is 11.4. The number of rotatable bonds is 4. The van der Waals surface area contributed by atoms with Crippen molar-refractivity contribution >= 4 is 11.9 Å². The molecule has 2 aliphatic rings. The van der Waals surface area contributed by atoms with Gasteiger partial charge >= 0.3 is 5.97 Å². The van der Waals surface area contributed by atoms with Crippen LogP contribution in [0.5, 0.6) is 0 Å². The summed E-state index contributed by atoms with van der Waals surface area (Å²) in [6.07, 6.45) is 7.02. The maximum atomic E-state index is 12.5. The molecular formula is C14H24N2O3. The summed E-state index contributed by atoms with van der Waals surface area (Å²) in [5.41, 5.74) is 0. The lowest BCUT2D eigenvalue weighted by molar-refractivity contribution is -0.141. The normalized spacial score (nSPS) is 28.1. The van der Waals surface area contributed by atoms with Crippen LogP contribution in [0.1, 0.15) is 51.4 Å². The van der Waals surface area contributed by atoms with Crippen LogP contribution < -0.4 is 5.32 Å². The maximum Gasteiger partial charge on any atom is 0.303 e. The Balaban J connectivity index is 1.93. The smallest absolute Gasteiger partial charge is 0.303 e. The summed E-state index contributed by atoms with van der Waals surface area (Å²) in [6.45, 7) is 1.71. The Morgan fingerprint density at radius 1 is 1.16 bits per heavy atom. The zero-order chi connectivity index (χ0) is 13.7. The topological polar surface area (TPSA) is 69.6 Å². The van der Waals surface area contributed by atoms with Gasteiger partial charge in [0.25, 0.3) is 0 Å². The molecule has 0 aromatic heterocycles. The van der Waals surface area contributed by atoms with E-state index in [2.05, 4.69) is 5.32 Å². The minimum atomic E-state index is -0.770. The molecule has 5 nitrogen and oxygen atoms in total. The van der Waals surface area contributed by atoms with E-state index in [0.29, 0.717) is 6.42 Å². The molecule has 108 valence electrons. The summed E-state index contributed by atoms with van der Waals surface area (Å²) in [6, 6.07) is 0.0836. The Kier molecular flexibility index (Phi) is 5.19. The first kappa shape index (κ1) is 14.3. The van der Waals surface area contributed by atoms with Crippen molar-refractivity contribution in [3.8, 4) is 0 Å². The molecule has 0 radical (unpaired) electrons. The lowest BCUT2D eigenvalue weighted by atomic mass is 9.95. The van der Waals surface area contributed by atoms with Gasteiger partial charge in [0.05, 0.1) is 6.04 Å². The molecule has 2 atom stereocenters. The van der Waals surface area contributed by atoms with Crippen LogP contribution in [0.4, 0.5) is 0 Å². The molecule has 0 saturated carbocycles. The predicted octanol–water partition coefficient (Wildman–Crippen LogP) is 1.37. The third kappa shape index (κ3) is 3.93. The van der Waals surface area contributed by atoms with Gasteiger partial charge in [0.1, 0.15) is 0 Å². The number of amides is 1. The standard InChI is InChI=1S/C14H24N2O3/c17-13(18)8-7-11-5-2-4-10-16(11)14(19)12-6-1-3-9-15-12/h11-12,15H,1-10H2,(H,17,18)/t11?,12-/m1/s1. The van der Waals surface area contributed by atoms with Crippen molar-refractivity contribution in [1.82, 2.24) is 10.2 Å². The van der Waals surface area contributed by atoms with Crippen LogP contribution in [-0.2, 0) is 9.59 Å². The lowest BCUT2D eigenvalue weighted by Crippen LogP contribution is -2.53. The van der Waals surface area contributed by atoms with E-state index in [1.807, 2.05) is 4.90 Å². The number of carboxylic acid groups (broad SMARTS) is 1.